The molecule has 0 spiro atoms. The molecule has 0 bridgehead atoms. The molecule has 0 unspecified atom stereocenters. The lowest BCUT2D eigenvalue weighted by Gasteiger charge is -2.42. The Morgan fingerprint density at radius 1 is 1.05 bits per heavy atom. The Labute approximate surface area is 128 Å². The largest absolute Gasteiger partial charge is 0.385 e. The highest BCUT2D eigenvalue weighted by molar-refractivity contribution is 5.79. The molecule has 0 heterocycles. The first kappa shape index (κ1) is 18.2. The molecule has 6 heteroatoms. The molecule has 6 nitrogen and oxygen atoms in total. The molecule has 0 aromatic rings. The highest BCUT2D eigenvalue weighted by Crippen LogP contribution is 2.43. The Bertz CT molecular complexity index is 294. The van der Waals surface area contributed by atoms with Crippen LogP contribution in [0.1, 0.15) is 25.7 Å². The van der Waals surface area contributed by atoms with E-state index in [4.69, 9.17) is 14.2 Å². The zero-order valence-electron chi connectivity index (χ0n) is 13.7. The van der Waals surface area contributed by atoms with Gasteiger partial charge in [0.15, 0.2) is 5.96 Å². The van der Waals surface area contributed by atoms with E-state index in [1.807, 2.05) is 0 Å². The Morgan fingerprint density at radius 3 is 2.38 bits per heavy atom. The van der Waals surface area contributed by atoms with Crippen molar-refractivity contribution in [2.45, 2.75) is 25.7 Å². The summed E-state index contributed by atoms with van der Waals surface area (Å²) >= 11 is 0. The van der Waals surface area contributed by atoms with Gasteiger partial charge in [0.1, 0.15) is 0 Å². The first-order valence-corrected chi connectivity index (χ1v) is 7.76. The third kappa shape index (κ3) is 7.11. The Hall–Kier alpha value is -0.850. The van der Waals surface area contributed by atoms with Crippen molar-refractivity contribution in [2.24, 2.45) is 10.4 Å². The van der Waals surface area contributed by atoms with Gasteiger partial charge in [-0.3, -0.25) is 4.99 Å². The topological polar surface area (TPSA) is 64.1 Å². The first-order chi connectivity index (χ1) is 10.3. The van der Waals surface area contributed by atoms with Gasteiger partial charge in [-0.05, 0) is 24.7 Å². The van der Waals surface area contributed by atoms with E-state index in [-0.39, 0.29) is 0 Å². The predicted molar refractivity (Wildman–Crippen MR) is 84.8 cm³/mol. The quantitative estimate of drug-likeness (QED) is 0.339. The van der Waals surface area contributed by atoms with Crippen LogP contribution in [0.2, 0.25) is 0 Å². The lowest BCUT2D eigenvalue weighted by Crippen LogP contribution is -2.47. The van der Waals surface area contributed by atoms with Crippen LogP contribution in [-0.2, 0) is 14.2 Å². The molecule has 0 radical (unpaired) electrons. The molecular formula is C15H31N3O3. The maximum Gasteiger partial charge on any atom is 0.191 e. The molecule has 0 atom stereocenters. The van der Waals surface area contributed by atoms with Crippen LogP contribution in [0.25, 0.3) is 0 Å². The maximum atomic E-state index is 5.41. The minimum atomic E-state index is 0.391. The second-order valence-electron chi connectivity index (χ2n) is 5.55. The summed E-state index contributed by atoms with van der Waals surface area (Å²) in [4.78, 5) is 4.25. The minimum absolute atomic E-state index is 0.391. The van der Waals surface area contributed by atoms with Crippen molar-refractivity contribution in [3.05, 3.63) is 0 Å². The predicted octanol–water partition coefficient (Wildman–Crippen LogP) is 1.02. The van der Waals surface area contributed by atoms with Gasteiger partial charge in [-0.25, -0.2) is 0 Å². The number of guanidine groups is 1. The van der Waals surface area contributed by atoms with Crippen LogP contribution < -0.4 is 10.6 Å². The van der Waals surface area contributed by atoms with Crippen LogP contribution in [0.4, 0.5) is 0 Å². The number of aliphatic imine (C=N–C) groups is 1. The minimum Gasteiger partial charge on any atom is -0.385 e. The highest BCUT2D eigenvalue weighted by atomic mass is 16.5. The van der Waals surface area contributed by atoms with Gasteiger partial charge in [0.2, 0.25) is 0 Å². The molecule has 0 saturated heterocycles. The summed E-state index contributed by atoms with van der Waals surface area (Å²) in [5.74, 6) is 0.842. The molecule has 21 heavy (non-hydrogen) atoms. The fourth-order valence-electron chi connectivity index (χ4n) is 2.49. The number of hydrogen-bond acceptors (Lipinski definition) is 4. The summed E-state index contributed by atoms with van der Waals surface area (Å²) in [6, 6.07) is 0. The van der Waals surface area contributed by atoms with E-state index in [9.17, 15) is 0 Å². The Balaban J connectivity index is 2.15. The summed E-state index contributed by atoms with van der Waals surface area (Å²) in [6.07, 6.45) is 5.00. The molecule has 1 rings (SSSR count). The summed E-state index contributed by atoms with van der Waals surface area (Å²) in [6.45, 7) is 4.45. The van der Waals surface area contributed by atoms with E-state index in [1.165, 1.54) is 19.3 Å². The zero-order chi connectivity index (χ0) is 15.4. The fraction of sp³-hybridized carbons (Fsp3) is 0.933. The second-order valence-corrected chi connectivity index (χ2v) is 5.55. The molecular weight excluding hydrogens is 270 g/mol. The number of hydrogen-bond donors (Lipinski definition) is 2. The highest BCUT2D eigenvalue weighted by Gasteiger charge is 2.36. The van der Waals surface area contributed by atoms with E-state index in [2.05, 4.69) is 15.6 Å². The first-order valence-electron chi connectivity index (χ1n) is 7.76. The summed E-state index contributed by atoms with van der Waals surface area (Å²) in [5.41, 5.74) is 0.391. The molecule has 1 aliphatic carbocycles. The number of rotatable bonds is 11. The van der Waals surface area contributed by atoms with Gasteiger partial charge in [-0.2, -0.15) is 0 Å². The monoisotopic (exact) mass is 301 g/mol. The molecule has 124 valence electrons. The van der Waals surface area contributed by atoms with E-state index < -0.39 is 0 Å². The SMILES string of the molecule is CN=C(NCCOCCOC)NCC1(CCOC)CCC1. The summed E-state index contributed by atoms with van der Waals surface area (Å²) in [5, 5.41) is 6.69. The Morgan fingerprint density at radius 2 is 1.81 bits per heavy atom. The van der Waals surface area contributed by atoms with Crippen molar-refractivity contribution in [1.82, 2.24) is 10.6 Å². The lowest BCUT2D eigenvalue weighted by atomic mass is 9.67. The average Bonchev–Trinajstić information content (AvgIpc) is 2.47. The normalized spacial score (nSPS) is 17.4. The average molecular weight is 301 g/mol. The van der Waals surface area contributed by atoms with Gasteiger partial charge in [-0.1, -0.05) is 6.42 Å². The lowest BCUT2D eigenvalue weighted by molar-refractivity contribution is 0.0714. The van der Waals surface area contributed by atoms with Gasteiger partial charge in [0, 0.05) is 41.0 Å². The van der Waals surface area contributed by atoms with Gasteiger partial charge in [0.25, 0.3) is 0 Å². The molecule has 0 aromatic heterocycles. The van der Waals surface area contributed by atoms with Crippen molar-refractivity contribution < 1.29 is 14.2 Å². The van der Waals surface area contributed by atoms with E-state index in [1.54, 1.807) is 21.3 Å². The van der Waals surface area contributed by atoms with Gasteiger partial charge in [-0.15, -0.1) is 0 Å². The Kier molecular flexibility index (Phi) is 9.37. The van der Waals surface area contributed by atoms with E-state index >= 15 is 0 Å². The van der Waals surface area contributed by atoms with Crippen LogP contribution in [0.3, 0.4) is 0 Å². The van der Waals surface area contributed by atoms with Gasteiger partial charge >= 0.3 is 0 Å². The molecule has 2 N–H and O–H groups in total. The third-order valence-electron chi connectivity index (χ3n) is 4.08. The van der Waals surface area contributed by atoms with E-state index in [0.29, 0.717) is 25.2 Å². The number of methoxy groups -OCH3 is 2. The number of nitrogens with zero attached hydrogens (tertiary/aromatic N) is 1. The molecule has 0 amide bonds. The summed E-state index contributed by atoms with van der Waals surface area (Å²) in [7, 11) is 5.24. The van der Waals surface area contributed by atoms with Gasteiger partial charge in [0.05, 0.1) is 19.8 Å². The van der Waals surface area contributed by atoms with Crippen LogP contribution in [0.15, 0.2) is 4.99 Å². The molecule has 1 saturated carbocycles. The standard InChI is InChI=1S/C15H31N3O3/c1-16-14(17-8-10-21-12-11-20-3)18-13-15(5-4-6-15)7-9-19-2/h4-13H2,1-3H3,(H2,16,17,18). The molecule has 0 aliphatic heterocycles. The van der Waals surface area contributed by atoms with Crippen molar-refractivity contribution >= 4 is 5.96 Å². The van der Waals surface area contributed by atoms with Crippen molar-refractivity contribution in [1.29, 1.82) is 0 Å². The van der Waals surface area contributed by atoms with E-state index in [0.717, 1.165) is 32.1 Å². The van der Waals surface area contributed by atoms with Crippen molar-refractivity contribution in [3.8, 4) is 0 Å². The summed E-state index contributed by atoms with van der Waals surface area (Å²) < 4.78 is 15.6. The fourth-order valence-corrected chi connectivity index (χ4v) is 2.49. The maximum absolute atomic E-state index is 5.41. The van der Waals surface area contributed by atoms with Gasteiger partial charge < -0.3 is 24.8 Å². The molecule has 1 aliphatic rings. The second kappa shape index (κ2) is 10.8. The smallest absolute Gasteiger partial charge is 0.191 e. The van der Waals surface area contributed by atoms with Crippen LogP contribution in [0.5, 0.6) is 0 Å². The van der Waals surface area contributed by atoms with Crippen LogP contribution >= 0.6 is 0 Å². The number of ether oxygens (including phenoxy) is 3. The van der Waals surface area contributed by atoms with Crippen LogP contribution in [0, 0.1) is 5.41 Å². The zero-order valence-corrected chi connectivity index (χ0v) is 13.7. The molecule has 0 aromatic carbocycles. The van der Waals surface area contributed by atoms with Crippen molar-refractivity contribution in [2.75, 3.05) is 60.8 Å². The molecule has 1 fully saturated rings. The third-order valence-corrected chi connectivity index (χ3v) is 4.08. The number of nitrogens with one attached hydrogen (secondary N) is 2. The van der Waals surface area contributed by atoms with Crippen molar-refractivity contribution in [3.63, 3.8) is 0 Å². The van der Waals surface area contributed by atoms with Crippen LogP contribution in [-0.4, -0.2) is 66.7 Å².